The van der Waals surface area contributed by atoms with Crippen molar-refractivity contribution in [2.24, 2.45) is 0 Å². The van der Waals surface area contributed by atoms with E-state index in [1.807, 2.05) is 30.3 Å². The summed E-state index contributed by atoms with van der Waals surface area (Å²) in [4.78, 5) is 47.5. The molecular formula is C22H21N3O7. The molecule has 1 fully saturated rings. The second-order valence-corrected chi connectivity index (χ2v) is 7.44. The van der Waals surface area contributed by atoms with Gasteiger partial charge in [-0.15, -0.1) is 0 Å². The summed E-state index contributed by atoms with van der Waals surface area (Å²) in [5.74, 6) is -3.58. The first kappa shape index (κ1) is 22.5. The summed E-state index contributed by atoms with van der Waals surface area (Å²) in [6, 6.07) is 13.6. The highest BCUT2D eigenvalue weighted by Gasteiger charge is 2.39. The number of hydrogen-bond acceptors (Lipinski definition) is 8. The second kappa shape index (κ2) is 9.29. The lowest BCUT2D eigenvalue weighted by Gasteiger charge is -2.30. The lowest BCUT2D eigenvalue weighted by Crippen LogP contribution is -2.44. The molecule has 1 heterocycles. The number of esters is 2. The zero-order chi connectivity index (χ0) is 23.3. The van der Waals surface area contributed by atoms with Gasteiger partial charge in [-0.25, -0.2) is 9.59 Å². The van der Waals surface area contributed by atoms with E-state index in [1.165, 1.54) is 38.1 Å². The van der Waals surface area contributed by atoms with Gasteiger partial charge in [0.25, 0.3) is 11.5 Å². The van der Waals surface area contributed by atoms with Crippen LogP contribution in [0.5, 0.6) is 0 Å². The molecule has 0 spiro atoms. The van der Waals surface area contributed by atoms with Gasteiger partial charge in [0.2, 0.25) is 5.91 Å². The predicted octanol–water partition coefficient (Wildman–Crippen LogP) is 2.45. The number of amides is 1. The first-order valence-corrected chi connectivity index (χ1v) is 9.67. The Kier molecular flexibility index (Phi) is 6.53. The minimum atomic E-state index is -1.37. The number of hydrogen-bond donors (Lipinski definition) is 2. The standard InChI is InChI=1S/C22H21N3O7/c1-22(2)31-20(27)17(21(28)32-22)13-23-18(12-14-6-4-3-5-7-14)19(26)24-15-8-10-16(11-9-15)25(29)30/h3-11,13,18,23H,12H2,1-2H3,(H,24,26)/t18-/m1/s1. The molecule has 32 heavy (non-hydrogen) atoms. The van der Waals surface area contributed by atoms with Crippen LogP contribution in [0.15, 0.2) is 66.4 Å². The van der Waals surface area contributed by atoms with Gasteiger partial charge in [0, 0.05) is 44.3 Å². The number of nitro groups is 1. The van der Waals surface area contributed by atoms with E-state index in [-0.39, 0.29) is 17.7 Å². The number of nitrogens with zero attached hydrogens (tertiary/aromatic N) is 1. The van der Waals surface area contributed by atoms with Crippen molar-refractivity contribution >= 4 is 29.2 Å². The third-order valence-corrected chi connectivity index (χ3v) is 4.49. The number of nitrogens with one attached hydrogen (secondary N) is 2. The van der Waals surface area contributed by atoms with Crippen molar-refractivity contribution in [2.75, 3.05) is 5.32 Å². The lowest BCUT2D eigenvalue weighted by molar-refractivity contribution is -0.384. The van der Waals surface area contributed by atoms with Crippen LogP contribution in [0.25, 0.3) is 0 Å². The minimum absolute atomic E-state index is 0.107. The van der Waals surface area contributed by atoms with Gasteiger partial charge in [-0.2, -0.15) is 0 Å². The molecule has 0 aliphatic carbocycles. The summed E-state index contributed by atoms with van der Waals surface area (Å²) in [6.07, 6.45) is 1.34. The summed E-state index contributed by atoms with van der Waals surface area (Å²) in [7, 11) is 0. The SMILES string of the molecule is CC1(C)OC(=O)C(=CN[C@H](Cc2ccccc2)C(=O)Nc2ccc([N+](=O)[O-])cc2)C(=O)O1. The maximum Gasteiger partial charge on any atom is 0.350 e. The summed E-state index contributed by atoms with van der Waals surface area (Å²) < 4.78 is 10.1. The Morgan fingerprint density at radius 3 is 2.22 bits per heavy atom. The van der Waals surface area contributed by atoms with Crippen LogP contribution in [0.2, 0.25) is 0 Å². The van der Waals surface area contributed by atoms with E-state index in [1.54, 1.807) is 0 Å². The van der Waals surface area contributed by atoms with Crippen LogP contribution in [-0.2, 0) is 30.3 Å². The number of non-ortho nitro benzene ring substituents is 1. The van der Waals surface area contributed by atoms with Crippen LogP contribution < -0.4 is 10.6 Å². The molecule has 0 radical (unpaired) electrons. The Labute approximate surface area is 183 Å². The van der Waals surface area contributed by atoms with Crippen LogP contribution in [0, 0.1) is 10.1 Å². The molecular weight excluding hydrogens is 418 g/mol. The molecule has 1 aliphatic heterocycles. The third kappa shape index (κ3) is 5.69. The summed E-state index contributed by atoms with van der Waals surface area (Å²) >= 11 is 0. The highest BCUT2D eigenvalue weighted by atomic mass is 16.7. The first-order valence-electron chi connectivity index (χ1n) is 9.67. The summed E-state index contributed by atoms with van der Waals surface area (Å²) in [6.45, 7) is 2.87. The van der Waals surface area contributed by atoms with E-state index in [9.17, 15) is 24.5 Å². The average Bonchev–Trinajstić information content (AvgIpc) is 2.72. The molecule has 0 bridgehead atoms. The van der Waals surface area contributed by atoms with Gasteiger partial charge in [-0.1, -0.05) is 30.3 Å². The smallest absolute Gasteiger partial charge is 0.350 e. The van der Waals surface area contributed by atoms with Crippen molar-refractivity contribution < 1.29 is 28.8 Å². The van der Waals surface area contributed by atoms with Crippen molar-refractivity contribution in [2.45, 2.75) is 32.1 Å². The molecule has 0 unspecified atom stereocenters. The minimum Gasteiger partial charge on any atom is -0.419 e. The normalized spacial score (nSPS) is 15.8. The Balaban J connectivity index is 1.78. The van der Waals surface area contributed by atoms with Gasteiger partial charge in [-0.05, 0) is 17.7 Å². The monoisotopic (exact) mass is 439 g/mol. The quantitative estimate of drug-likeness (QED) is 0.221. The van der Waals surface area contributed by atoms with E-state index in [0.29, 0.717) is 5.69 Å². The maximum atomic E-state index is 12.9. The van der Waals surface area contributed by atoms with Crippen LogP contribution in [-0.4, -0.2) is 34.6 Å². The Bertz CT molecular complexity index is 1040. The van der Waals surface area contributed by atoms with E-state index in [4.69, 9.17) is 9.47 Å². The molecule has 10 nitrogen and oxygen atoms in total. The Morgan fingerprint density at radius 2 is 1.66 bits per heavy atom. The number of cyclic esters (lactones) is 2. The van der Waals surface area contributed by atoms with E-state index in [2.05, 4.69) is 10.6 Å². The molecule has 2 N–H and O–H groups in total. The Morgan fingerprint density at radius 1 is 1.06 bits per heavy atom. The van der Waals surface area contributed by atoms with Crippen LogP contribution in [0.4, 0.5) is 11.4 Å². The molecule has 2 aromatic carbocycles. The fourth-order valence-electron chi connectivity index (χ4n) is 2.94. The summed E-state index contributed by atoms with van der Waals surface area (Å²) in [5.41, 5.74) is 0.706. The number of carbonyl (C=O) groups excluding carboxylic acids is 3. The van der Waals surface area contributed by atoms with Crippen molar-refractivity contribution in [3.05, 3.63) is 82.0 Å². The predicted molar refractivity (Wildman–Crippen MR) is 113 cm³/mol. The lowest BCUT2D eigenvalue weighted by atomic mass is 10.0. The van der Waals surface area contributed by atoms with Crippen LogP contribution in [0.3, 0.4) is 0 Å². The van der Waals surface area contributed by atoms with Crippen molar-refractivity contribution in [1.82, 2.24) is 5.32 Å². The molecule has 1 saturated heterocycles. The first-order chi connectivity index (χ1) is 15.1. The number of anilines is 1. The highest BCUT2D eigenvalue weighted by Crippen LogP contribution is 2.22. The molecule has 0 saturated carbocycles. The number of rotatable bonds is 7. The third-order valence-electron chi connectivity index (χ3n) is 4.49. The molecule has 10 heteroatoms. The molecule has 3 rings (SSSR count). The van der Waals surface area contributed by atoms with Gasteiger partial charge < -0.3 is 20.1 Å². The van der Waals surface area contributed by atoms with Gasteiger partial charge in [0.1, 0.15) is 6.04 Å². The Hall–Kier alpha value is -4.21. The van der Waals surface area contributed by atoms with Crippen molar-refractivity contribution in [1.29, 1.82) is 0 Å². The number of carbonyl (C=O) groups is 3. The van der Waals surface area contributed by atoms with Gasteiger partial charge >= 0.3 is 11.9 Å². The fraction of sp³-hybridized carbons (Fsp3) is 0.227. The van der Waals surface area contributed by atoms with Crippen molar-refractivity contribution in [3.8, 4) is 0 Å². The number of ether oxygens (including phenoxy) is 2. The highest BCUT2D eigenvalue weighted by molar-refractivity contribution is 6.15. The van der Waals surface area contributed by atoms with Gasteiger partial charge in [-0.3, -0.25) is 14.9 Å². The largest absolute Gasteiger partial charge is 0.419 e. The topological polar surface area (TPSA) is 137 Å². The molecule has 1 amide bonds. The molecule has 166 valence electrons. The molecule has 2 aromatic rings. The van der Waals surface area contributed by atoms with Gasteiger partial charge in [0.05, 0.1) is 4.92 Å². The van der Waals surface area contributed by atoms with Crippen LogP contribution in [0.1, 0.15) is 19.4 Å². The maximum absolute atomic E-state index is 12.9. The second-order valence-electron chi connectivity index (χ2n) is 7.44. The van der Waals surface area contributed by atoms with Crippen molar-refractivity contribution in [3.63, 3.8) is 0 Å². The van der Waals surface area contributed by atoms with Crippen LogP contribution >= 0.6 is 0 Å². The molecule has 1 aliphatic rings. The van der Waals surface area contributed by atoms with E-state index >= 15 is 0 Å². The number of nitro benzene ring substituents is 1. The van der Waals surface area contributed by atoms with E-state index in [0.717, 1.165) is 11.8 Å². The average molecular weight is 439 g/mol. The van der Waals surface area contributed by atoms with Gasteiger partial charge in [0.15, 0.2) is 5.57 Å². The van der Waals surface area contributed by atoms with E-state index < -0.39 is 34.6 Å². The summed E-state index contributed by atoms with van der Waals surface area (Å²) in [5, 5.41) is 16.3. The molecule has 1 atom stereocenters. The number of benzene rings is 2. The molecule has 0 aromatic heterocycles. The zero-order valence-electron chi connectivity index (χ0n) is 17.4. The zero-order valence-corrected chi connectivity index (χ0v) is 17.4. The fourth-order valence-corrected chi connectivity index (χ4v) is 2.94.